The summed E-state index contributed by atoms with van der Waals surface area (Å²) in [5.74, 6) is -2.34. The summed E-state index contributed by atoms with van der Waals surface area (Å²) in [5, 5.41) is 0. The van der Waals surface area contributed by atoms with Gasteiger partial charge in [0.15, 0.2) is 0 Å². The second kappa shape index (κ2) is 5.82. The fourth-order valence-corrected chi connectivity index (χ4v) is 4.11. The third kappa shape index (κ3) is 3.29. The molecule has 1 amide bonds. The third-order valence-electron chi connectivity index (χ3n) is 4.20. The Kier molecular flexibility index (Phi) is 4.65. The molecule has 0 spiro atoms. The number of carbonyl (C=O) groups excluding carboxylic acids is 1. The number of hydrogen-bond acceptors (Lipinski definition) is 3. The lowest BCUT2D eigenvalue weighted by Crippen LogP contribution is -2.46. The summed E-state index contributed by atoms with van der Waals surface area (Å²) in [6.07, 6.45) is -4.28. The van der Waals surface area contributed by atoms with E-state index in [-0.39, 0.29) is 42.2 Å². The van der Waals surface area contributed by atoms with Crippen molar-refractivity contribution in [3.63, 3.8) is 0 Å². The van der Waals surface area contributed by atoms with Gasteiger partial charge in [0, 0.05) is 35.6 Å². The number of hydrogen-bond donors (Lipinski definition) is 0. The zero-order chi connectivity index (χ0) is 16.3. The maximum absolute atomic E-state index is 12.6. The number of fused-ring (bicyclic) bond motifs is 5. The molecule has 1 aliphatic heterocycles. The minimum absolute atomic E-state index is 0. The van der Waals surface area contributed by atoms with Crippen molar-refractivity contribution >= 4 is 38.0 Å². The molecule has 1 aromatic rings. The lowest BCUT2D eigenvalue weighted by molar-refractivity contribution is -0.186. The highest BCUT2D eigenvalue weighted by atomic mass is 35.7. The maximum atomic E-state index is 12.6. The average Bonchev–Trinajstić information content (AvgIpc) is 2.67. The van der Waals surface area contributed by atoms with Crippen LogP contribution in [0.15, 0.2) is 23.1 Å². The second-order valence-electron chi connectivity index (χ2n) is 5.57. The quantitative estimate of drug-likeness (QED) is 0.693. The predicted octanol–water partition coefficient (Wildman–Crippen LogP) is 3.01. The molecule has 1 fully saturated rings. The van der Waals surface area contributed by atoms with E-state index in [2.05, 4.69) is 0 Å². The van der Waals surface area contributed by atoms with Crippen LogP contribution in [-0.2, 0) is 13.8 Å². The summed E-state index contributed by atoms with van der Waals surface area (Å²) in [6, 6.07) is 4.33. The molecular formula is C13H12Cl2F3NO3S. The Labute approximate surface area is 141 Å². The predicted molar refractivity (Wildman–Crippen MR) is 79.5 cm³/mol. The SMILES string of the molecule is Cl.O=C(N1CC2CC(C1)c1cc(S(=O)(=O)Cl)ccc12)C(F)(F)F. The van der Waals surface area contributed by atoms with E-state index in [1.807, 2.05) is 0 Å². The van der Waals surface area contributed by atoms with Crippen LogP contribution in [0, 0.1) is 0 Å². The van der Waals surface area contributed by atoms with Gasteiger partial charge >= 0.3 is 12.1 Å². The summed E-state index contributed by atoms with van der Waals surface area (Å²) in [7, 11) is 1.41. The molecule has 1 aliphatic carbocycles. The van der Waals surface area contributed by atoms with Crippen LogP contribution in [0.4, 0.5) is 13.2 Å². The van der Waals surface area contributed by atoms with Gasteiger partial charge in [0.05, 0.1) is 4.90 Å². The van der Waals surface area contributed by atoms with Crippen LogP contribution in [0.1, 0.15) is 29.4 Å². The van der Waals surface area contributed by atoms with E-state index in [9.17, 15) is 26.4 Å². The van der Waals surface area contributed by atoms with Gasteiger partial charge in [-0.15, -0.1) is 12.4 Å². The molecule has 0 aromatic heterocycles. The summed E-state index contributed by atoms with van der Waals surface area (Å²) in [4.78, 5) is 12.1. The molecule has 0 N–H and O–H groups in total. The zero-order valence-corrected chi connectivity index (χ0v) is 13.9. The Bertz CT molecular complexity index is 751. The first-order valence-electron chi connectivity index (χ1n) is 6.52. The van der Waals surface area contributed by atoms with Crippen LogP contribution < -0.4 is 0 Å². The van der Waals surface area contributed by atoms with Crippen LogP contribution in [-0.4, -0.2) is 38.5 Å². The van der Waals surface area contributed by atoms with Crippen molar-refractivity contribution < 1.29 is 26.4 Å². The minimum atomic E-state index is -4.90. The van der Waals surface area contributed by atoms with Crippen LogP contribution in [0.5, 0.6) is 0 Å². The number of piperidine rings is 1. The summed E-state index contributed by atoms with van der Waals surface area (Å²) < 4.78 is 60.5. The molecule has 0 radical (unpaired) electrons. The minimum Gasteiger partial charge on any atom is -0.334 e. The number of halogens is 5. The number of carbonyl (C=O) groups is 1. The van der Waals surface area contributed by atoms with E-state index in [1.54, 1.807) is 6.07 Å². The molecule has 1 heterocycles. The van der Waals surface area contributed by atoms with E-state index in [4.69, 9.17) is 10.7 Å². The van der Waals surface area contributed by atoms with Gasteiger partial charge in [0.25, 0.3) is 9.05 Å². The fourth-order valence-electron chi connectivity index (χ4n) is 3.32. The van der Waals surface area contributed by atoms with Gasteiger partial charge in [0.2, 0.25) is 0 Å². The van der Waals surface area contributed by atoms with Crippen molar-refractivity contribution in [2.24, 2.45) is 0 Å². The molecule has 1 saturated heterocycles. The Morgan fingerprint density at radius 2 is 1.74 bits per heavy atom. The molecule has 4 nitrogen and oxygen atoms in total. The molecule has 2 unspecified atom stereocenters. The van der Waals surface area contributed by atoms with Gasteiger partial charge in [0.1, 0.15) is 0 Å². The molecule has 2 bridgehead atoms. The molecular weight excluding hydrogens is 378 g/mol. The molecule has 128 valence electrons. The van der Waals surface area contributed by atoms with Gasteiger partial charge in [-0.25, -0.2) is 8.42 Å². The topological polar surface area (TPSA) is 54.5 Å². The van der Waals surface area contributed by atoms with Crippen molar-refractivity contribution in [2.75, 3.05) is 13.1 Å². The number of nitrogens with zero attached hydrogens (tertiary/aromatic N) is 1. The van der Waals surface area contributed by atoms with Gasteiger partial charge in [-0.3, -0.25) is 4.79 Å². The first-order chi connectivity index (χ1) is 10.1. The maximum Gasteiger partial charge on any atom is 0.471 e. The molecule has 3 rings (SSSR count). The number of amides is 1. The molecule has 2 atom stereocenters. The Balaban J connectivity index is 0.00000192. The second-order valence-corrected chi connectivity index (χ2v) is 8.13. The van der Waals surface area contributed by atoms with Crippen molar-refractivity contribution in [1.82, 2.24) is 4.90 Å². The van der Waals surface area contributed by atoms with Gasteiger partial charge < -0.3 is 4.90 Å². The fraction of sp³-hybridized carbons (Fsp3) is 0.462. The number of rotatable bonds is 1. The largest absolute Gasteiger partial charge is 0.471 e. The first-order valence-corrected chi connectivity index (χ1v) is 8.83. The molecule has 2 aliphatic rings. The van der Waals surface area contributed by atoms with Crippen LogP contribution >= 0.6 is 23.1 Å². The van der Waals surface area contributed by atoms with Crippen LogP contribution in [0.2, 0.25) is 0 Å². The normalized spacial score (nSPS) is 23.2. The summed E-state index contributed by atoms with van der Waals surface area (Å²) in [6.45, 7) is -0.0670. The van der Waals surface area contributed by atoms with E-state index in [0.29, 0.717) is 12.0 Å². The summed E-state index contributed by atoms with van der Waals surface area (Å²) in [5.41, 5.74) is 1.47. The smallest absolute Gasteiger partial charge is 0.334 e. The molecule has 10 heteroatoms. The Morgan fingerprint density at radius 3 is 2.26 bits per heavy atom. The van der Waals surface area contributed by atoms with Crippen LogP contribution in [0.3, 0.4) is 0 Å². The highest BCUT2D eigenvalue weighted by molar-refractivity contribution is 8.13. The highest BCUT2D eigenvalue weighted by Crippen LogP contribution is 2.47. The van der Waals surface area contributed by atoms with Crippen molar-refractivity contribution in [2.45, 2.75) is 29.3 Å². The zero-order valence-electron chi connectivity index (χ0n) is 11.5. The van der Waals surface area contributed by atoms with Gasteiger partial charge in [-0.05, 0) is 29.7 Å². The first kappa shape index (κ1) is 18.4. The number of alkyl halides is 3. The Hall–Kier alpha value is -0.990. The third-order valence-corrected chi connectivity index (χ3v) is 5.55. The van der Waals surface area contributed by atoms with E-state index in [1.165, 1.54) is 12.1 Å². The van der Waals surface area contributed by atoms with Crippen LogP contribution in [0.25, 0.3) is 0 Å². The standard InChI is InChI=1S/C13H11ClF3NO3S.ClH/c14-22(20,21)9-1-2-10-7-3-8(11(10)4-9)6-18(5-7)12(19)13(15,16)17;/h1-2,4,7-8H,3,5-6H2;1H. The van der Waals surface area contributed by atoms with Crippen molar-refractivity contribution in [3.8, 4) is 0 Å². The molecule has 0 saturated carbocycles. The number of benzene rings is 1. The van der Waals surface area contributed by atoms with E-state index >= 15 is 0 Å². The van der Waals surface area contributed by atoms with Crippen molar-refractivity contribution in [3.05, 3.63) is 29.3 Å². The Morgan fingerprint density at radius 1 is 1.17 bits per heavy atom. The molecule has 23 heavy (non-hydrogen) atoms. The average molecular weight is 390 g/mol. The lowest BCUT2D eigenvalue weighted by atomic mass is 9.96. The van der Waals surface area contributed by atoms with Crippen molar-refractivity contribution in [1.29, 1.82) is 0 Å². The number of likely N-dealkylation sites (tertiary alicyclic amines) is 1. The van der Waals surface area contributed by atoms with Gasteiger partial charge in [-0.2, -0.15) is 13.2 Å². The highest BCUT2D eigenvalue weighted by Gasteiger charge is 2.47. The van der Waals surface area contributed by atoms with E-state index < -0.39 is 21.1 Å². The van der Waals surface area contributed by atoms with Gasteiger partial charge in [-0.1, -0.05) is 6.07 Å². The summed E-state index contributed by atoms with van der Waals surface area (Å²) >= 11 is 0. The molecule has 1 aromatic carbocycles. The van der Waals surface area contributed by atoms with E-state index in [0.717, 1.165) is 10.5 Å². The lowest BCUT2D eigenvalue weighted by Gasteiger charge is -2.32. The monoisotopic (exact) mass is 389 g/mol.